The van der Waals surface area contributed by atoms with E-state index in [0.29, 0.717) is 27.4 Å². The van der Waals surface area contributed by atoms with Gasteiger partial charge in [-0.25, -0.2) is 27.3 Å². The predicted octanol–water partition coefficient (Wildman–Crippen LogP) is 6.39. The summed E-state index contributed by atoms with van der Waals surface area (Å²) in [6, 6.07) is 17.2. The van der Waals surface area contributed by atoms with E-state index in [1.165, 1.54) is 6.07 Å². The van der Waals surface area contributed by atoms with E-state index in [0.717, 1.165) is 6.92 Å². The van der Waals surface area contributed by atoms with Crippen molar-refractivity contribution in [3.05, 3.63) is 95.6 Å². The molecule has 1 heterocycles. The molecule has 0 saturated carbocycles. The largest absolute Gasteiger partial charge is 0.449 e. The van der Waals surface area contributed by atoms with E-state index in [4.69, 9.17) is 9.15 Å². The van der Waals surface area contributed by atoms with Crippen LogP contribution in [-0.2, 0) is 9.53 Å². The molecule has 5 rings (SSSR count). The number of carbonyl (C=O) groups is 2. The number of oxazole rings is 1. The zero-order chi connectivity index (χ0) is 26.3. The van der Waals surface area contributed by atoms with Gasteiger partial charge in [0.05, 0.1) is 5.56 Å². The van der Waals surface area contributed by atoms with Crippen molar-refractivity contribution >= 4 is 39.4 Å². The number of ether oxygens (including phenoxy) is 1. The van der Waals surface area contributed by atoms with E-state index in [1.807, 2.05) is 6.07 Å². The molecular weight excluding hydrogens is 492 g/mol. The minimum Gasteiger partial charge on any atom is -0.449 e. The first-order valence-corrected chi connectivity index (χ1v) is 11.0. The van der Waals surface area contributed by atoms with Gasteiger partial charge in [-0.15, -0.1) is 0 Å². The Balaban J connectivity index is 1.46. The molecule has 0 aliphatic carbocycles. The van der Waals surface area contributed by atoms with Gasteiger partial charge in [0.2, 0.25) is 5.89 Å². The summed E-state index contributed by atoms with van der Waals surface area (Å²) in [5, 5.41) is 2.84. The summed E-state index contributed by atoms with van der Waals surface area (Å²) in [6.07, 6.45) is -1.58. The number of fused-ring (bicyclic) bond motifs is 2. The van der Waals surface area contributed by atoms with Crippen molar-refractivity contribution in [2.45, 2.75) is 13.0 Å². The smallest absolute Gasteiger partial charge is 0.339 e. The van der Waals surface area contributed by atoms with Gasteiger partial charge in [0, 0.05) is 17.0 Å². The molecule has 0 radical (unpaired) electrons. The van der Waals surface area contributed by atoms with Gasteiger partial charge in [-0.1, -0.05) is 36.4 Å². The normalized spacial score (nSPS) is 12.0. The topological polar surface area (TPSA) is 81.4 Å². The Bertz CT molecular complexity index is 1640. The van der Waals surface area contributed by atoms with Gasteiger partial charge in [-0.05, 0) is 36.6 Å². The summed E-state index contributed by atoms with van der Waals surface area (Å²) in [4.78, 5) is 30.1. The van der Waals surface area contributed by atoms with Crippen LogP contribution in [0.5, 0.6) is 0 Å². The van der Waals surface area contributed by atoms with Crippen molar-refractivity contribution in [3.8, 4) is 11.5 Å². The fraction of sp³-hybridized carbons (Fsp3) is 0.0741. The zero-order valence-electron chi connectivity index (χ0n) is 19.0. The third-order valence-electron chi connectivity index (χ3n) is 5.66. The standard InChI is InChI=1S/C27H16F4N2O4/c1-13(25(34)33-24-22(30)17(28)12-18(29)23(24)31)36-27(35)16-9-5-7-14-6-4-8-15(21(14)16)26-32-19-10-2-3-11-20(19)37-26/h2-13H,1H3,(H,33,34). The quantitative estimate of drug-likeness (QED) is 0.169. The number of carbonyl (C=O) groups excluding carboxylic acids is 2. The van der Waals surface area contributed by atoms with Crippen molar-refractivity contribution in [1.29, 1.82) is 0 Å². The molecule has 1 unspecified atom stereocenters. The highest BCUT2D eigenvalue weighted by Gasteiger charge is 2.26. The Kier molecular flexibility index (Phi) is 6.08. The molecule has 6 nitrogen and oxygen atoms in total. The first kappa shape index (κ1) is 24.0. The van der Waals surface area contributed by atoms with Gasteiger partial charge in [-0.2, -0.15) is 0 Å². The number of nitrogens with one attached hydrogen (secondary N) is 1. The van der Waals surface area contributed by atoms with E-state index in [2.05, 4.69) is 4.98 Å². The lowest BCUT2D eigenvalue weighted by Gasteiger charge is -2.16. The summed E-state index contributed by atoms with van der Waals surface area (Å²) >= 11 is 0. The summed E-state index contributed by atoms with van der Waals surface area (Å²) in [6.45, 7) is 1.14. The second kappa shape index (κ2) is 9.38. The number of nitrogens with zero attached hydrogens (tertiary/aromatic N) is 1. The van der Waals surface area contributed by atoms with Crippen LogP contribution in [0.15, 0.2) is 71.1 Å². The number of amides is 1. The molecule has 4 aromatic carbocycles. The van der Waals surface area contributed by atoms with Crippen molar-refractivity contribution < 1.29 is 36.3 Å². The van der Waals surface area contributed by atoms with E-state index in [1.54, 1.807) is 53.8 Å². The second-order valence-electron chi connectivity index (χ2n) is 8.08. The van der Waals surface area contributed by atoms with Gasteiger partial charge < -0.3 is 14.5 Å². The predicted molar refractivity (Wildman–Crippen MR) is 127 cm³/mol. The Labute approximate surface area is 206 Å². The van der Waals surface area contributed by atoms with Gasteiger partial charge >= 0.3 is 5.97 Å². The molecule has 5 aromatic rings. The van der Waals surface area contributed by atoms with Crippen LogP contribution in [0.25, 0.3) is 33.3 Å². The fourth-order valence-electron chi connectivity index (χ4n) is 3.86. The van der Waals surface area contributed by atoms with Crippen molar-refractivity contribution in [2.75, 3.05) is 5.32 Å². The van der Waals surface area contributed by atoms with Gasteiger partial charge in [0.15, 0.2) is 35.0 Å². The number of halogens is 4. The molecule has 10 heteroatoms. The summed E-state index contributed by atoms with van der Waals surface area (Å²) < 4.78 is 65.9. The van der Waals surface area contributed by atoms with Crippen molar-refractivity contribution in [3.63, 3.8) is 0 Å². The van der Waals surface area contributed by atoms with E-state index in [-0.39, 0.29) is 17.5 Å². The molecule has 0 spiro atoms. The number of hydrogen-bond acceptors (Lipinski definition) is 5. The van der Waals surface area contributed by atoms with Crippen LogP contribution in [0.4, 0.5) is 23.2 Å². The third kappa shape index (κ3) is 4.37. The SMILES string of the molecule is CC(OC(=O)c1cccc2cccc(-c3nc4ccccc4o3)c12)C(=O)Nc1c(F)c(F)cc(F)c1F. The molecule has 0 saturated heterocycles. The molecule has 0 fully saturated rings. The van der Waals surface area contributed by atoms with Crippen LogP contribution in [0.3, 0.4) is 0 Å². The molecule has 1 amide bonds. The summed E-state index contributed by atoms with van der Waals surface area (Å²) in [7, 11) is 0. The van der Waals surface area contributed by atoms with Gasteiger partial charge in [0.1, 0.15) is 11.2 Å². The zero-order valence-corrected chi connectivity index (χ0v) is 19.0. The monoisotopic (exact) mass is 508 g/mol. The number of para-hydroxylation sites is 2. The number of aromatic nitrogens is 1. The van der Waals surface area contributed by atoms with Crippen LogP contribution >= 0.6 is 0 Å². The van der Waals surface area contributed by atoms with E-state index in [9.17, 15) is 27.2 Å². The van der Waals surface area contributed by atoms with Crippen molar-refractivity contribution in [2.24, 2.45) is 0 Å². The maximum absolute atomic E-state index is 13.9. The number of esters is 1. The van der Waals surface area contributed by atoms with E-state index >= 15 is 0 Å². The van der Waals surface area contributed by atoms with Crippen LogP contribution in [0.1, 0.15) is 17.3 Å². The molecule has 186 valence electrons. The lowest BCUT2D eigenvalue weighted by Crippen LogP contribution is -2.31. The van der Waals surface area contributed by atoms with Crippen LogP contribution in [0.2, 0.25) is 0 Å². The molecule has 0 aliphatic heterocycles. The van der Waals surface area contributed by atoms with Gasteiger partial charge in [0.25, 0.3) is 5.91 Å². The number of hydrogen-bond donors (Lipinski definition) is 1. The first-order valence-electron chi connectivity index (χ1n) is 11.0. The lowest BCUT2D eigenvalue weighted by molar-refractivity contribution is -0.123. The molecule has 1 aromatic heterocycles. The minimum absolute atomic E-state index is 0.0126. The molecule has 0 bridgehead atoms. The Hall–Kier alpha value is -4.73. The summed E-state index contributed by atoms with van der Waals surface area (Å²) in [5.74, 6) is -8.83. The Morgan fingerprint density at radius 3 is 2.30 bits per heavy atom. The third-order valence-corrected chi connectivity index (χ3v) is 5.66. The maximum atomic E-state index is 13.9. The first-order chi connectivity index (χ1) is 17.7. The molecule has 0 aliphatic rings. The highest BCUT2D eigenvalue weighted by atomic mass is 19.2. The average molecular weight is 508 g/mol. The van der Waals surface area contributed by atoms with E-state index < -0.39 is 46.9 Å². The van der Waals surface area contributed by atoms with Crippen molar-refractivity contribution in [1.82, 2.24) is 4.98 Å². The molecule has 1 atom stereocenters. The number of rotatable bonds is 5. The van der Waals surface area contributed by atoms with Gasteiger partial charge in [-0.3, -0.25) is 4.79 Å². The second-order valence-corrected chi connectivity index (χ2v) is 8.08. The fourth-order valence-corrected chi connectivity index (χ4v) is 3.86. The Morgan fingerprint density at radius 2 is 1.59 bits per heavy atom. The molecular formula is C27H16F4N2O4. The van der Waals surface area contributed by atoms with Crippen LogP contribution in [-0.4, -0.2) is 23.0 Å². The summed E-state index contributed by atoms with van der Waals surface area (Å²) in [5.41, 5.74) is 0.414. The minimum atomic E-state index is -1.79. The average Bonchev–Trinajstić information content (AvgIpc) is 3.33. The van der Waals surface area contributed by atoms with Crippen LogP contribution < -0.4 is 5.32 Å². The Morgan fingerprint density at radius 1 is 0.919 bits per heavy atom. The lowest BCUT2D eigenvalue weighted by atomic mass is 9.99. The highest BCUT2D eigenvalue weighted by Crippen LogP contribution is 2.33. The maximum Gasteiger partial charge on any atom is 0.339 e. The van der Waals surface area contributed by atoms with Crippen LogP contribution in [0, 0.1) is 23.3 Å². The highest BCUT2D eigenvalue weighted by molar-refractivity contribution is 6.10. The molecule has 1 N–H and O–H groups in total. The number of anilines is 1. The molecule has 37 heavy (non-hydrogen) atoms. The number of benzene rings is 4.